The summed E-state index contributed by atoms with van der Waals surface area (Å²) in [5.41, 5.74) is 3.47. The second kappa shape index (κ2) is 6.62. The number of rotatable bonds is 5. The molecule has 7 heteroatoms. The second-order valence-corrected chi connectivity index (χ2v) is 8.08. The van der Waals surface area contributed by atoms with Crippen LogP contribution in [0.15, 0.2) is 12.4 Å². The molecule has 0 spiro atoms. The van der Waals surface area contributed by atoms with E-state index in [2.05, 4.69) is 14.6 Å². The van der Waals surface area contributed by atoms with E-state index in [1.807, 2.05) is 6.20 Å². The Labute approximate surface area is 131 Å². The predicted molar refractivity (Wildman–Crippen MR) is 83.8 cm³/mol. The minimum Gasteiger partial charge on any atom is -0.381 e. The molecule has 1 atom stereocenters. The fourth-order valence-corrected chi connectivity index (χ4v) is 3.65. The van der Waals surface area contributed by atoms with Gasteiger partial charge in [0.25, 0.3) is 0 Å². The lowest BCUT2D eigenvalue weighted by Gasteiger charge is -2.31. The van der Waals surface area contributed by atoms with Gasteiger partial charge in [0.2, 0.25) is 10.0 Å². The van der Waals surface area contributed by atoms with Crippen molar-refractivity contribution in [2.45, 2.75) is 25.9 Å². The van der Waals surface area contributed by atoms with Crippen molar-refractivity contribution < 1.29 is 13.2 Å². The number of fused-ring (bicyclic) bond motifs is 1. The number of hydrogen-bond acceptors (Lipinski definition) is 5. The molecule has 1 fully saturated rings. The molecule has 0 aromatic carbocycles. The highest BCUT2D eigenvalue weighted by Crippen LogP contribution is 2.24. The van der Waals surface area contributed by atoms with Crippen LogP contribution in [-0.4, -0.2) is 50.9 Å². The van der Waals surface area contributed by atoms with E-state index in [-0.39, 0.29) is 0 Å². The molecule has 1 aromatic rings. The van der Waals surface area contributed by atoms with Gasteiger partial charge in [-0.15, -0.1) is 0 Å². The Bertz CT molecular complexity index is 627. The van der Waals surface area contributed by atoms with Crippen LogP contribution in [0.3, 0.4) is 0 Å². The zero-order chi connectivity index (χ0) is 15.6. The number of ether oxygens (including phenoxy) is 1. The summed E-state index contributed by atoms with van der Waals surface area (Å²) in [6.45, 7) is 5.07. The fourth-order valence-electron chi connectivity index (χ4n) is 3.24. The van der Waals surface area contributed by atoms with E-state index >= 15 is 0 Å². The number of nitrogens with zero attached hydrogens (tertiary/aromatic N) is 2. The van der Waals surface area contributed by atoms with E-state index in [9.17, 15) is 8.42 Å². The third-order valence-electron chi connectivity index (χ3n) is 4.37. The van der Waals surface area contributed by atoms with E-state index in [1.165, 1.54) is 17.4 Å². The van der Waals surface area contributed by atoms with Gasteiger partial charge in [-0.05, 0) is 35.4 Å². The highest BCUT2D eigenvalue weighted by atomic mass is 32.2. The first kappa shape index (κ1) is 15.9. The monoisotopic (exact) mass is 325 g/mol. The number of aromatic nitrogens is 1. The van der Waals surface area contributed by atoms with Crippen molar-refractivity contribution in [2.24, 2.45) is 5.92 Å². The highest BCUT2D eigenvalue weighted by molar-refractivity contribution is 7.88. The Morgan fingerprint density at radius 2 is 2.32 bits per heavy atom. The minimum absolute atomic E-state index is 0.325. The van der Waals surface area contributed by atoms with Crippen molar-refractivity contribution in [3.63, 3.8) is 0 Å². The summed E-state index contributed by atoms with van der Waals surface area (Å²) in [6, 6.07) is 0. The first-order valence-corrected chi connectivity index (χ1v) is 9.60. The van der Waals surface area contributed by atoms with Crippen molar-refractivity contribution in [3.8, 4) is 0 Å². The van der Waals surface area contributed by atoms with Gasteiger partial charge in [-0.25, -0.2) is 13.1 Å². The predicted octanol–water partition coefficient (Wildman–Crippen LogP) is 0.525. The summed E-state index contributed by atoms with van der Waals surface area (Å²) in [7, 11) is -3.18. The summed E-state index contributed by atoms with van der Waals surface area (Å²) in [6.07, 6.45) is 6.97. The third kappa shape index (κ3) is 4.04. The van der Waals surface area contributed by atoms with Gasteiger partial charge in [0.05, 0.1) is 12.9 Å². The van der Waals surface area contributed by atoms with Crippen LogP contribution in [0.1, 0.15) is 23.1 Å². The molecule has 1 aromatic heterocycles. The van der Waals surface area contributed by atoms with Gasteiger partial charge >= 0.3 is 0 Å². The number of hydrogen-bond donors (Lipinski definition) is 1. The zero-order valence-electron chi connectivity index (χ0n) is 12.9. The lowest BCUT2D eigenvalue weighted by Crippen LogP contribution is -2.35. The summed E-state index contributed by atoms with van der Waals surface area (Å²) in [5.74, 6) is 0.643. The lowest BCUT2D eigenvalue weighted by molar-refractivity contribution is 0.162. The van der Waals surface area contributed by atoms with Crippen LogP contribution in [0.5, 0.6) is 0 Å². The van der Waals surface area contributed by atoms with Gasteiger partial charge in [-0.1, -0.05) is 0 Å². The molecule has 0 bridgehead atoms. The Morgan fingerprint density at radius 1 is 1.45 bits per heavy atom. The van der Waals surface area contributed by atoms with Crippen molar-refractivity contribution in [3.05, 3.63) is 29.1 Å². The SMILES string of the molecule is CS(=O)(=O)NCc1cncc2c1CCN(C[C@H]1CCOC1)C2. The smallest absolute Gasteiger partial charge is 0.209 e. The summed E-state index contributed by atoms with van der Waals surface area (Å²) in [4.78, 5) is 6.73. The molecule has 3 heterocycles. The molecule has 0 aliphatic carbocycles. The molecule has 0 radical (unpaired) electrons. The van der Waals surface area contributed by atoms with Crippen LogP contribution in [0.2, 0.25) is 0 Å². The standard InChI is InChI=1S/C15H23N3O3S/c1-22(19,20)17-8-13-6-16-7-14-10-18(4-2-15(13)14)9-12-3-5-21-11-12/h6-7,12,17H,2-5,8-11H2,1H3/t12-/m1/s1. The van der Waals surface area contributed by atoms with Crippen LogP contribution in [0.4, 0.5) is 0 Å². The van der Waals surface area contributed by atoms with Gasteiger partial charge in [0, 0.05) is 45.2 Å². The topological polar surface area (TPSA) is 71.5 Å². The van der Waals surface area contributed by atoms with Crippen LogP contribution < -0.4 is 4.72 Å². The van der Waals surface area contributed by atoms with Gasteiger partial charge < -0.3 is 4.74 Å². The lowest BCUT2D eigenvalue weighted by atomic mass is 9.96. The summed E-state index contributed by atoms with van der Waals surface area (Å²) in [5, 5.41) is 0. The van der Waals surface area contributed by atoms with E-state index in [0.29, 0.717) is 12.5 Å². The molecular formula is C15H23N3O3S. The largest absolute Gasteiger partial charge is 0.381 e. The van der Waals surface area contributed by atoms with Crippen LogP contribution >= 0.6 is 0 Å². The maximum absolute atomic E-state index is 11.3. The van der Waals surface area contributed by atoms with E-state index in [4.69, 9.17) is 4.74 Å². The molecule has 2 aliphatic heterocycles. The Balaban J connectivity index is 1.67. The third-order valence-corrected chi connectivity index (χ3v) is 5.04. The maximum atomic E-state index is 11.3. The van der Waals surface area contributed by atoms with Crippen molar-refractivity contribution in [1.82, 2.24) is 14.6 Å². The molecule has 0 saturated carbocycles. The number of sulfonamides is 1. The van der Waals surface area contributed by atoms with Gasteiger partial charge in [-0.3, -0.25) is 9.88 Å². The normalized spacial score (nSPS) is 22.7. The maximum Gasteiger partial charge on any atom is 0.209 e. The second-order valence-electron chi connectivity index (χ2n) is 6.24. The highest BCUT2D eigenvalue weighted by Gasteiger charge is 2.24. The van der Waals surface area contributed by atoms with Crippen LogP contribution in [-0.2, 0) is 34.3 Å². The average Bonchev–Trinajstić information content (AvgIpc) is 2.97. The average molecular weight is 325 g/mol. The Kier molecular flexibility index (Phi) is 4.77. The van der Waals surface area contributed by atoms with Gasteiger partial charge in [0.15, 0.2) is 0 Å². The van der Waals surface area contributed by atoms with E-state index < -0.39 is 10.0 Å². The molecule has 122 valence electrons. The first-order chi connectivity index (χ1) is 10.5. The zero-order valence-corrected chi connectivity index (χ0v) is 13.7. The van der Waals surface area contributed by atoms with Crippen molar-refractivity contribution in [2.75, 3.05) is 32.6 Å². The molecule has 1 N–H and O–H groups in total. The van der Waals surface area contributed by atoms with Crippen LogP contribution in [0.25, 0.3) is 0 Å². The molecular weight excluding hydrogens is 302 g/mol. The Hall–Kier alpha value is -1.02. The molecule has 3 rings (SSSR count). The Morgan fingerprint density at radius 3 is 3.05 bits per heavy atom. The molecule has 0 unspecified atom stereocenters. The number of nitrogens with one attached hydrogen (secondary N) is 1. The van der Waals surface area contributed by atoms with Gasteiger partial charge in [-0.2, -0.15) is 0 Å². The molecule has 1 saturated heterocycles. The molecule has 6 nitrogen and oxygen atoms in total. The quantitative estimate of drug-likeness (QED) is 0.855. The fraction of sp³-hybridized carbons (Fsp3) is 0.667. The van der Waals surface area contributed by atoms with Crippen LogP contribution in [0, 0.1) is 5.92 Å². The van der Waals surface area contributed by atoms with Crippen molar-refractivity contribution in [1.29, 1.82) is 0 Å². The number of pyridine rings is 1. The van der Waals surface area contributed by atoms with Gasteiger partial charge in [0.1, 0.15) is 0 Å². The molecule has 22 heavy (non-hydrogen) atoms. The molecule has 0 amide bonds. The van der Waals surface area contributed by atoms with Crippen molar-refractivity contribution >= 4 is 10.0 Å². The molecule has 2 aliphatic rings. The summed E-state index contributed by atoms with van der Waals surface area (Å²) >= 11 is 0. The first-order valence-electron chi connectivity index (χ1n) is 7.70. The van der Waals surface area contributed by atoms with E-state index in [1.54, 1.807) is 6.20 Å². The van der Waals surface area contributed by atoms with E-state index in [0.717, 1.165) is 51.3 Å². The minimum atomic E-state index is -3.18. The summed E-state index contributed by atoms with van der Waals surface area (Å²) < 4.78 is 30.5.